The average molecular weight is 282 g/mol. The van der Waals surface area contributed by atoms with Crippen LogP contribution in [0.5, 0.6) is 0 Å². The van der Waals surface area contributed by atoms with Crippen LogP contribution in [0.15, 0.2) is 15.8 Å². The Bertz CT molecular complexity index is 676. The van der Waals surface area contributed by atoms with Gasteiger partial charge in [-0.05, 0) is 6.92 Å². The van der Waals surface area contributed by atoms with Crippen LogP contribution in [0.1, 0.15) is 13.2 Å². The van der Waals surface area contributed by atoms with E-state index >= 15 is 0 Å². The Morgan fingerprint density at radius 3 is 2.85 bits per heavy atom. The molecule has 1 saturated heterocycles. The Balaban J connectivity index is 2.59. The number of nitrogens with two attached hydrogens (primary N) is 1. The van der Waals surface area contributed by atoms with E-state index in [-0.39, 0.29) is 0 Å². The number of nitrogens with zero attached hydrogens (tertiary/aromatic N) is 2. The van der Waals surface area contributed by atoms with Crippen molar-refractivity contribution in [2.45, 2.75) is 30.4 Å². The number of hydrogen-bond acceptors (Lipinski definition) is 7. The van der Waals surface area contributed by atoms with Gasteiger partial charge in [0.2, 0.25) is 0 Å². The highest BCUT2D eigenvalue weighted by Crippen LogP contribution is 2.41. The average Bonchev–Trinajstić information content (AvgIpc) is 2.62. The molecule has 0 radical (unpaired) electrons. The lowest BCUT2D eigenvalue weighted by Crippen LogP contribution is -2.57. The summed E-state index contributed by atoms with van der Waals surface area (Å²) in [6.45, 7) is 0.830. The first kappa shape index (κ1) is 14.4. The molecule has 9 heteroatoms. The summed E-state index contributed by atoms with van der Waals surface area (Å²) in [5, 5.41) is 23.1. The van der Waals surface area contributed by atoms with Crippen molar-refractivity contribution in [3.8, 4) is 12.3 Å². The van der Waals surface area contributed by atoms with Gasteiger partial charge in [0.05, 0.1) is 6.61 Å². The molecule has 1 aromatic rings. The molecule has 9 nitrogen and oxygen atoms in total. The van der Waals surface area contributed by atoms with Crippen LogP contribution >= 0.6 is 0 Å². The molecule has 1 fully saturated rings. The number of nitrogens with one attached hydrogen (secondary N) is 1. The van der Waals surface area contributed by atoms with E-state index in [0.717, 1.165) is 10.9 Å². The van der Waals surface area contributed by atoms with Gasteiger partial charge in [0.15, 0.2) is 11.8 Å². The third kappa shape index (κ3) is 1.86. The zero-order valence-electron chi connectivity index (χ0n) is 10.6. The molecule has 1 aliphatic rings. The third-order valence-electron chi connectivity index (χ3n) is 3.34. The van der Waals surface area contributed by atoms with E-state index in [1.807, 2.05) is 4.98 Å². The zero-order chi connectivity index (χ0) is 15.1. The molecule has 2 heterocycles. The smallest absolute Gasteiger partial charge is 0.347 e. The van der Waals surface area contributed by atoms with Crippen LogP contribution in [0.4, 0.5) is 0 Å². The molecular formula is C11H14N4O5. The Labute approximate surface area is 113 Å². The Hall–Kier alpha value is -1.99. The maximum Gasteiger partial charge on any atom is 0.347 e. The molecule has 1 aromatic heterocycles. The first-order chi connectivity index (χ1) is 9.28. The minimum Gasteiger partial charge on any atom is -0.393 e. The van der Waals surface area contributed by atoms with Crippen molar-refractivity contribution in [2.75, 3.05) is 6.61 Å². The molecule has 0 aliphatic carbocycles. The summed E-state index contributed by atoms with van der Waals surface area (Å²) in [7, 11) is 0. The van der Waals surface area contributed by atoms with E-state index in [9.17, 15) is 19.8 Å². The van der Waals surface area contributed by atoms with Crippen molar-refractivity contribution in [1.82, 2.24) is 14.8 Å². The lowest BCUT2D eigenvalue weighted by molar-refractivity contribution is -0.120. The summed E-state index contributed by atoms with van der Waals surface area (Å²) in [5.74, 6) is 2.17. The van der Waals surface area contributed by atoms with Gasteiger partial charge in [-0.2, -0.15) is 9.78 Å². The van der Waals surface area contributed by atoms with E-state index < -0.39 is 41.3 Å². The Kier molecular flexibility index (Phi) is 3.27. The predicted octanol–water partition coefficient (Wildman–Crippen LogP) is -3.10. The van der Waals surface area contributed by atoms with Crippen LogP contribution in [0, 0.1) is 12.3 Å². The summed E-state index contributed by atoms with van der Waals surface area (Å²) in [6, 6.07) is 0. The number of rotatable bonds is 2. The fourth-order valence-corrected chi connectivity index (χ4v) is 2.11. The summed E-state index contributed by atoms with van der Waals surface area (Å²) in [6.07, 6.45) is 3.42. The summed E-state index contributed by atoms with van der Waals surface area (Å²) in [4.78, 5) is 24.7. The minimum atomic E-state index is -1.79. The normalized spacial score (nSPS) is 36.8. The molecule has 20 heavy (non-hydrogen) atoms. The van der Waals surface area contributed by atoms with E-state index in [4.69, 9.17) is 16.9 Å². The third-order valence-corrected chi connectivity index (χ3v) is 3.34. The molecule has 2 rings (SSSR count). The van der Waals surface area contributed by atoms with Crippen LogP contribution in [-0.4, -0.2) is 48.8 Å². The lowest BCUT2D eigenvalue weighted by Gasteiger charge is -2.28. The quantitative estimate of drug-likeness (QED) is 0.421. The molecule has 0 aromatic carbocycles. The van der Waals surface area contributed by atoms with Gasteiger partial charge in [-0.1, -0.05) is 5.92 Å². The maximum absolute atomic E-state index is 11.7. The highest BCUT2D eigenvalue weighted by Gasteiger charge is 2.60. The van der Waals surface area contributed by atoms with Gasteiger partial charge in [-0.25, -0.2) is 4.79 Å². The topological polar surface area (TPSA) is 143 Å². The highest BCUT2D eigenvalue weighted by molar-refractivity contribution is 5.24. The molecule has 0 spiro atoms. The van der Waals surface area contributed by atoms with Crippen molar-refractivity contribution in [1.29, 1.82) is 0 Å². The van der Waals surface area contributed by atoms with Gasteiger partial charge in [0.25, 0.3) is 5.56 Å². The predicted molar refractivity (Wildman–Crippen MR) is 66.5 cm³/mol. The number of hydrogen-bond donors (Lipinski definition) is 4. The van der Waals surface area contributed by atoms with Crippen molar-refractivity contribution in [2.24, 2.45) is 5.73 Å². The number of ether oxygens (including phenoxy) is 1. The number of terminal acetylenes is 1. The second-order valence-electron chi connectivity index (χ2n) is 4.80. The molecule has 0 amide bonds. The van der Waals surface area contributed by atoms with Gasteiger partial charge in [-0.15, -0.1) is 6.42 Å². The fraction of sp³-hybridized carbons (Fsp3) is 0.545. The van der Waals surface area contributed by atoms with Crippen molar-refractivity contribution >= 4 is 0 Å². The molecule has 0 bridgehead atoms. The zero-order valence-corrected chi connectivity index (χ0v) is 10.6. The number of aliphatic hydroxyl groups is 2. The molecule has 0 saturated carbocycles. The van der Waals surface area contributed by atoms with Gasteiger partial charge < -0.3 is 20.7 Å². The van der Waals surface area contributed by atoms with Gasteiger partial charge >= 0.3 is 5.69 Å². The first-order valence-electron chi connectivity index (χ1n) is 5.70. The van der Waals surface area contributed by atoms with Gasteiger partial charge in [-0.3, -0.25) is 9.78 Å². The van der Waals surface area contributed by atoms with Crippen LogP contribution < -0.4 is 17.0 Å². The number of aromatic nitrogens is 3. The Morgan fingerprint density at radius 1 is 1.70 bits per heavy atom. The second-order valence-corrected chi connectivity index (χ2v) is 4.80. The monoisotopic (exact) mass is 282 g/mol. The number of aromatic amines is 1. The van der Waals surface area contributed by atoms with Crippen LogP contribution in [0.3, 0.4) is 0 Å². The molecule has 1 aliphatic heterocycles. The van der Waals surface area contributed by atoms with Crippen LogP contribution in [-0.2, 0) is 4.74 Å². The van der Waals surface area contributed by atoms with Crippen LogP contribution in [0.25, 0.3) is 0 Å². The molecule has 4 atom stereocenters. The van der Waals surface area contributed by atoms with E-state index in [0.29, 0.717) is 0 Å². The molecule has 5 N–H and O–H groups in total. The Morgan fingerprint density at radius 2 is 2.35 bits per heavy atom. The second kappa shape index (κ2) is 4.53. The first-order valence-corrected chi connectivity index (χ1v) is 5.70. The standard InChI is InChI=1S/C11H14N4O5/c1-3-11(12)7(18)10(2,5-16)20-8(11)15-9(19)14-6(17)4-13-15/h1,4,7-8,16,18H,5,12H2,2H3,(H,14,17,19)/t7?,8-,10?,11?/m1/s1. The lowest BCUT2D eigenvalue weighted by atomic mass is 9.86. The minimum absolute atomic E-state index is 0.566. The largest absolute Gasteiger partial charge is 0.393 e. The SMILES string of the molecule is C#CC1(N)C(O)C(C)(CO)O[C@H]1n1ncc(=O)[nH]c1=O. The van der Waals surface area contributed by atoms with Gasteiger partial charge in [0, 0.05) is 0 Å². The van der Waals surface area contributed by atoms with E-state index in [1.165, 1.54) is 6.92 Å². The summed E-state index contributed by atoms with van der Waals surface area (Å²) < 4.78 is 6.16. The summed E-state index contributed by atoms with van der Waals surface area (Å²) in [5.41, 5.74) is 1.10. The number of aliphatic hydroxyl groups excluding tert-OH is 2. The fourth-order valence-electron chi connectivity index (χ4n) is 2.11. The summed E-state index contributed by atoms with van der Waals surface area (Å²) >= 11 is 0. The van der Waals surface area contributed by atoms with Crippen LogP contribution in [0.2, 0.25) is 0 Å². The van der Waals surface area contributed by atoms with Crippen molar-refractivity contribution < 1.29 is 14.9 Å². The van der Waals surface area contributed by atoms with Crippen molar-refractivity contribution in [3.05, 3.63) is 27.0 Å². The highest BCUT2D eigenvalue weighted by atomic mass is 16.6. The molecule has 108 valence electrons. The molecular weight excluding hydrogens is 268 g/mol. The van der Waals surface area contributed by atoms with E-state index in [1.54, 1.807) is 0 Å². The van der Waals surface area contributed by atoms with Gasteiger partial charge in [0.1, 0.15) is 17.9 Å². The maximum atomic E-state index is 11.7. The number of H-pyrrole nitrogens is 1. The molecule has 3 unspecified atom stereocenters. The van der Waals surface area contributed by atoms with E-state index in [2.05, 4.69) is 11.0 Å². The van der Waals surface area contributed by atoms with Crippen molar-refractivity contribution in [3.63, 3.8) is 0 Å².